The van der Waals surface area contributed by atoms with Gasteiger partial charge >= 0.3 is 195 Å². The van der Waals surface area contributed by atoms with E-state index in [0.29, 0.717) is 13.0 Å². The second-order valence-corrected chi connectivity index (χ2v) is 12.2. The fourth-order valence-corrected chi connectivity index (χ4v) is 6.85. The van der Waals surface area contributed by atoms with Crippen LogP contribution in [-0.4, -0.2) is 80.0 Å². The van der Waals surface area contributed by atoms with Crippen molar-refractivity contribution in [3.05, 3.63) is 30.3 Å². The second-order valence-electron chi connectivity index (χ2n) is 9.48. The summed E-state index contributed by atoms with van der Waals surface area (Å²) in [6, 6.07) is 9.56. The van der Waals surface area contributed by atoms with E-state index >= 15 is 0 Å². The molecule has 3 saturated heterocycles. The molecule has 4 rings (SSSR count). The number of hydrogen-bond donors (Lipinski definition) is 2. The molecule has 7 atom stereocenters. The normalized spacial score (nSPS) is 34.8. The van der Waals surface area contributed by atoms with Crippen LogP contribution in [-0.2, 0) is 28.5 Å². The van der Waals surface area contributed by atoms with Gasteiger partial charge in [0.05, 0.1) is 0 Å². The number of carboxylic acids is 1. The van der Waals surface area contributed by atoms with Crippen LogP contribution in [0.5, 0.6) is 0 Å². The SMILES string of the molecule is CC1(C)O[C@H]2O[C@H]([C@H]3COC(C)(C)O3)[C@H](CC(O)CC([Se]c3ccccc3)C(=O)O)[C@H]2O1. The van der Waals surface area contributed by atoms with Crippen LogP contribution in [0, 0.1) is 5.92 Å². The van der Waals surface area contributed by atoms with Gasteiger partial charge in [-0.05, 0) is 0 Å². The van der Waals surface area contributed by atoms with Gasteiger partial charge in [0.1, 0.15) is 0 Å². The zero-order chi connectivity index (χ0) is 23.1. The van der Waals surface area contributed by atoms with Crippen molar-refractivity contribution < 1.29 is 38.7 Å². The molecular weight excluding hydrogens is 483 g/mol. The van der Waals surface area contributed by atoms with Gasteiger partial charge in [-0.3, -0.25) is 0 Å². The third kappa shape index (κ3) is 5.54. The molecule has 0 radical (unpaired) electrons. The molecule has 178 valence electrons. The van der Waals surface area contributed by atoms with Gasteiger partial charge in [0, 0.05) is 0 Å². The Morgan fingerprint density at radius 3 is 2.44 bits per heavy atom. The summed E-state index contributed by atoms with van der Waals surface area (Å²) in [6.45, 7) is 7.75. The van der Waals surface area contributed by atoms with Crippen molar-refractivity contribution in [2.45, 2.75) is 87.6 Å². The van der Waals surface area contributed by atoms with Gasteiger partial charge in [-0.15, -0.1) is 0 Å². The van der Waals surface area contributed by atoms with Gasteiger partial charge in [0.15, 0.2) is 0 Å². The van der Waals surface area contributed by atoms with Crippen LogP contribution < -0.4 is 4.46 Å². The van der Waals surface area contributed by atoms with Crippen molar-refractivity contribution in [3.8, 4) is 0 Å². The third-order valence-electron chi connectivity index (χ3n) is 5.95. The fourth-order valence-electron chi connectivity index (χ4n) is 4.62. The van der Waals surface area contributed by atoms with E-state index in [-0.39, 0.29) is 45.6 Å². The minimum absolute atomic E-state index is 0.169. The molecule has 2 N–H and O–H groups in total. The number of hydrogen-bond acceptors (Lipinski definition) is 7. The Kier molecular flexibility index (Phi) is 7.02. The van der Waals surface area contributed by atoms with Gasteiger partial charge in [0.2, 0.25) is 0 Å². The summed E-state index contributed by atoms with van der Waals surface area (Å²) in [6.07, 6.45) is -1.92. The van der Waals surface area contributed by atoms with Gasteiger partial charge in [-0.1, -0.05) is 0 Å². The standard InChI is InChI=1S/C23H32O8Se/c1-22(2)27-12-16(29-22)18-15(19-21(28-18)31-23(3,4)30-19)10-13(24)11-17(20(25)26)32-14-8-6-5-7-9-14/h5-9,13,15-19,21,24H,10-12H2,1-4H3,(H,25,26)/t13?,15-,16+,17?,18-,19+,21+/m0/s1. The Hall–Kier alpha value is -1.03. The Labute approximate surface area is 194 Å². The molecule has 0 bridgehead atoms. The molecule has 3 fully saturated rings. The molecule has 0 aliphatic carbocycles. The fraction of sp³-hybridized carbons (Fsp3) is 0.696. The summed E-state index contributed by atoms with van der Waals surface area (Å²) in [7, 11) is 0. The first kappa shape index (κ1) is 24.1. The molecule has 3 aliphatic rings. The van der Waals surface area contributed by atoms with E-state index in [9.17, 15) is 15.0 Å². The number of aliphatic hydroxyl groups excluding tert-OH is 1. The van der Waals surface area contributed by atoms with Crippen LogP contribution in [0.4, 0.5) is 0 Å². The first-order valence-corrected chi connectivity index (χ1v) is 12.8. The molecule has 3 heterocycles. The zero-order valence-corrected chi connectivity index (χ0v) is 20.5. The van der Waals surface area contributed by atoms with E-state index in [1.165, 1.54) is 0 Å². The summed E-state index contributed by atoms with van der Waals surface area (Å²) in [5.74, 6) is -2.59. The number of aliphatic carboxylic acids is 1. The Bertz CT molecular complexity index is 800. The topological polar surface area (TPSA) is 104 Å². The quantitative estimate of drug-likeness (QED) is 0.505. The maximum atomic E-state index is 11.9. The van der Waals surface area contributed by atoms with Gasteiger partial charge in [-0.2, -0.15) is 0 Å². The Morgan fingerprint density at radius 1 is 1.09 bits per heavy atom. The average Bonchev–Trinajstić information content (AvgIpc) is 3.32. The molecule has 32 heavy (non-hydrogen) atoms. The van der Waals surface area contributed by atoms with E-state index < -0.39 is 34.8 Å². The van der Waals surface area contributed by atoms with Crippen molar-refractivity contribution in [1.29, 1.82) is 0 Å². The zero-order valence-electron chi connectivity index (χ0n) is 18.8. The molecule has 0 spiro atoms. The number of carboxylic acid groups (broad SMARTS) is 1. The van der Waals surface area contributed by atoms with Crippen LogP contribution in [0.15, 0.2) is 30.3 Å². The number of benzene rings is 1. The third-order valence-corrected chi connectivity index (χ3v) is 8.51. The Morgan fingerprint density at radius 2 is 1.81 bits per heavy atom. The van der Waals surface area contributed by atoms with Crippen molar-refractivity contribution in [2.24, 2.45) is 5.92 Å². The van der Waals surface area contributed by atoms with Crippen LogP contribution in [0.25, 0.3) is 0 Å². The van der Waals surface area contributed by atoms with Crippen molar-refractivity contribution in [2.75, 3.05) is 6.61 Å². The molecule has 1 aromatic carbocycles. The summed E-state index contributed by atoms with van der Waals surface area (Å²) < 4.78 is 31.0. The van der Waals surface area contributed by atoms with Crippen LogP contribution >= 0.6 is 0 Å². The average molecular weight is 515 g/mol. The summed E-state index contributed by atoms with van der Waals surface area (Å²) in [4.78, 5) is 11.3. The molecule has 9 heteroatoms. The van der Waals surface area contributed by atoms with E-state index in [4.69, 9.17) is 23.7 Å². The predicted octanol–water partition coefficient (Wildman–Crippen LogP) is 1.67. The molecule has 0 saturated carbocycles. The first-order valence-electron chi connectivity index (χ1n) is 11.0. The summed E-state index contributed by atoms with van der Waals surface area (Å²) in [5.41, 5.74) is 0. The summed E-state index contributed by atoms with van der Waals surface area (Å²) >= 11 is -0.288. The van der Waals surface area contributed by atoms with E-state index in [1.54, 1.807) is 0 Å². The minimum atomic E-state index is -0.888. The number of carbonyl (C=O) groups is 1. The predicted molar refractivity (Wildman–Crippen MR) is 116 cm³/mol. The van der Waals surface area contributed by atoms with E-state index in [1.807, 2.05) is 58.0 Å². The summed E-state index contributed by atoms with van der Waals surface area (Å²) in [5, 5.41) is 20.7. The Balaban J connectivity index is 1.45. The molecule has 2 unspecified atom stereocenters. The van der Waals surface area contributed by atoms with Crippen molar-refractivity contribution in [3.63, 3.8) is 0 Å². The molecule has 3 aliphatic heterocycles. The van der Waals surface area contributed by atoms with Crippen LogP contribution in [0.1, 0.15) is 40.5 Å². The van der Waals surface area contributed by atoms with Gasteiger partial charge in [-0.25, -0.2) is 0 Å². The van der Waals surface area contributed by atoms with Gasteiger partial charge < -0.3 is 0 Å². The molecule has 1 aromatic rings. The molecule has 0 aromatic heterocycles. The molecule has 8 nitrogen and oxygen atoms in total. The van der Waals surface area contributed by atoms with Gasteiger partial charge in [0.25, 0.3) is 0 Å². The van der Waals surface area contributed by atoms with E-state index in [2.05, 4.69) is 0 Å². The second kappa shape index (κ2) is 9.31. The van der Waals surface area contributed by atoms with Crippen molar-refractivity contribution in [1.82, 2.24) is 0 Å². The monoisotopic (exact) mass is 516 g/mol. The first-order chi connectivity index (χ1) is 15.0. The van der Waals surface area contributed by atoms with Crippen LogP contribution in [0.3, 0.4) is 0 Å². The number of ether oxygens (including phenoxy) is 5. The number of rotatable bonds is 8. The molecule has 0 amide bonds. The van der Waals surface area contributed by atoms with E-state index in [0.717, 1.165) is 4.46 Å². The molecular formula is C23H32O8Se. The maximum absolute atomic E-state index is 11.9. The van der Waals surface area contributed by atoms with Crippen molar-refractivity contribution >= 4 is 25.4 Å². The number of fused-ring (bicyclic) bond motifs is 1. The van der Waals surface area contributed by atoms with Crippen LogP contribution in [0.2, 0.25) is 4.82 Å². The number of aliphatic hydroxyl groups is 1.